The smallest absolute Gasteiger partial charge is 0.326 e. The van der Waals surface area contributed by atoms with E-state index >= 15 is 0 Å². The molecule has 9 heteroatoms. The molecule has 41 heavy (non-hydrogen) atoms. The summed E-state index contributed by atoms with van der Waals surface area (Å²) in [6, 6.07) is 18.5. The average molecular weight is 560 g/mol. The van der Waals surface area contributed by atoms with Gasteiger partial charge in [0.05, 0.1) is 6.42 Å². The van der Waals surface area contributed by atoms with E-state index in [0.29, 0.717) is 31.8 Å². The molecule has 1 aliphatic rings. The standard InChI is InChI=1S/C32H41N5O4/c1-24-9-7-12-27(34-24)23-30(38)36-29(32(39)40)17-20-37(21-22-41-28-13-3-2-4-14-28)19-6-5-11-26-16-15-25-10-8-18-33-31(25)35-26/h2-4,7,9,12-16,29H,5-6,8,10-11,17-23H2,1H3,(H,33,35)(H,36,38)(H,39,40)/t29-/m0/s1. The summed E-state index contributed by atoms with van der Waals surface area (Å²) in [5.41, 5.74) is 3.82. The molecule has 0 bridgehead atoms. The number of anilines is 1. The van der Waals surface area contributed by atoms with E-state index in [0.717, 1.165) is 68.1 Å². The number of para-hydroxylation sites is 1. The number of benzene rings is 1. The van der Waals surface area contributed by atoms with Gasteiger partial charge in [0.1, 0.15) is 24.2 Å². The van der Waals surface area contributed by atoms with Crippen LogP contribution in [0, 0.1) is 6.92 Å². The lowest BCUT2D eigenvalue weighted by atomic mass is 10.1. The van der Waals surface area contributed by atoms with Gasteiger partial charge in [0.15, 0.2) is 0 Å². The van der Waals surface area contributed by atoms with Gasteiger partial charge in [-0.05, 0) is 87.9 Å². The fourth-order valence-electron chi connectivity index (χ4n) is 4.97. The Bertz CT molecular complexity index is 1270. The second-order valence-electron chi connectivity index (χ2n) is 10.5. The van der Waals surface area contributed by atoms with Gasteiger partial charge in [0.2, 0.25) is 5.91 Å². The number of amides is 1. The van der Waals surface area contributed by atoms with Crippen molar-refractivity contribution in [3.63, 3.8) is 0 Å². The van der Waals surface area contributed by atoms with Crippen LogP contribution in [-0.2, 0) is 28.9 Å². The minimum Gasteiger partial charge on any atom is -0.492 e. The van der Waals surface area contributed by atoms with E-state index in [9.17, 15) is 14.7 Å². The van der Waals surface area contributed by atoms with Gasteiger partial charge >= 0.3 is 5.97 Å². The van der Waals surface area contributed by atoms with Crippen LogP contribution in [0.4, 0.5) is 5.82 Å². The molecule has 0 unspecified atom stereocenters. The Morgan fingerprint density at radius 3 is 2.66 bits per heavy atom. The van der Waals surface area contributed by atoms with E-state index in [1.165, 1.54) is 5.56 Å². The summed E-state index contributed by atoms with van der Waals surface area (Å²) in [4.78, 5) is 35.9. The zero-order valence-electron chi connectivity index (χ0n) is 23.8. The summed E-state index contributed by atoms with van der Waals surface area (Å²) >= 11 is 0. The summed E-state index contributed by atoms with van der Waals surface area (Å²) in [6.45, 7) is 5.31. The molecule has 9 nitrogen and oxygen atoms in total. The number of aryl methyl sites for hydroxylation is 3. The highest BCUT2D eigenvalue weighted by molar-refractivity contribution is 5.84. The van der Waals surface area contributed by atoms with Crippen molar-refractivity contribution in [2.45, 2.75) is 57.9 Å². The van der Waals surface area contributed by atoms with Crippen molar-refractivity contribution in [2.75, 3.05) is 38.1 Å². The molecule has 2 aromatic heterocycles. The van der Waals surface area contributed by atoms with E-state index < -0.39 is 12.0 Å². The molecule has 0 saturated heterocycles. The maximum absolute atomic E-state index is 12.6. The Morgan fingerprint density at radius 1 is 1.00 bits per heavy atom. The third-order valence-corrected chi connectivity index (χ3v) is 7.18. The van der Waals surface area contributed by atoms with Gasteiger partial charge in [-0.2, -0.15) is 0 Å². The number of rotatable bonds is 16. The maximum atomic E-state index is 12.6. The van der Waals surface area contributed by atoms with Gasteiger partial charge < -0.3 is 20.5 Å². The molecule has 1 amide bonds. The Hall–Kier alpha value is -3.98. The van der Waals surface area contributed by atoms with E-state index in [1.54, 1.807) is 6.07 Å². The lowest BCUT2D eigenvalue weighted by Crippen LogP contribution is -2.44. The van der Waals surface area contributed by atoms with Crippen LogP contribution in [0.15, 0.2) is 60.7 Å². The predicted octanol–water partition coefficient (Wildman–Crippen LogP) is 4.05. The summed E-state index contributed by atoms with van der Waals surface area (Å²) in [5.74, 6) is 0.443. The van der Waals surface area contributed by atoms with Crippen LogP contribution in [0.1, 0.15) is 48.3 Å². The highest BCUT2D eigenvalue weighted by atomic mass is 16.5. The van der Waals surface area contributed by atoms with E-state index in [-0.39, 0.29) is 12.3 Å². The highest BCUT2D eigenvalue weighted by Gasteiger charge is 2.21. The number of aromatic nitrogens is 2. The molecule has 4 rings (SSSR count). The van der Waals surface area contributed by atoms with Crippen LogP contribution < -0.4 is 15.4 Å². The lowest BCUT2D eigenvalue weighted by molar-refractivity contribution is -0.142. The molecule has 0 aliphatic carbocycles. The number of nitrogens with one attached hydrogen (secondary N) is 2. The third-order valence-electron chi connectivity index (χ3n) is 7.18. The van der Waals surface area contributed by atoms with Crippen LogP contribution in [-0.4, -0.2) is 70.7 Å². The minimum absolute atomic E-state index is 0.0480. The predicted molar refractivity (Wildman–Crippen MR) is 159 cm³/mol. The summed E-state index contributed by atoms with van der Waals surface area (Å²) in [7, 11) is 0. The zero-order valence-corrected chi connectivity index (χ0v) is 23.8. The minimum atomic E-state index is -1.04. The third kappa shape index (κ3) is 10.2. The molecule has 3 heterocycles. The largest absolute Gasteiger partial charge is 0.492 e. The van der Waals surface area contributed by atoms with E-state index in [4.69, 9.17) is 9.72 Å². The van der Waals surface area contributed by atoms with Gasteiger partial charge in [-0.1, -0.05) is 30.3 Å². The van der Waals surface area contributed by atoms with Gasteiger partial charge in [-0.3, -0.25) is 14.7 Å². The van der Waals surface area contributed by atoms with Gasteiger partial charge in [-0.25, -0.2) is 9.78 Å². The van der Waals surface area contributed by atoms with Crippen molar-refractivity contribution >= 4 is 17.7 Å². The maximum Gasteiger partial charge on any atom is 0.326 e. The number of unbranched alkanes of at least 4 members (excludes halogenated alkanes) is 1. The molecule has 0 spiro atoms. The molecule has 1 atom stereocenters. The van der Waals surface area contributed by atoms with E-state index in [2.05, 4.69) is 32.7 Å². The molecule has 1 aromatic carbocycles. The number of carboxylic acids is 1. The Morgan fingerprint density at radius 2 is 1.85 bits per heavy atom. The van der Waals surface area contributed by atoms with Crippen LogP contribution in [0.25, 0.3) is 0 Å². The first-order chi connectivity index (χ1) is 20.0. The first kappa shape index (κ1) is 30.0. The average Bonchev–Trinajstić information content (AvgIpc) is 2.97. The molecular weight excluding hydrogens is 518 g/mol. The van der Waals surface area contributed by atoms with Crippen LogP contribution in [0.3, 0.4) is 0 Å². The van der Waals surface area contributed by atoms with Gasteiger partial charge in [0, 0.05) is 36.7 Å². The molecule has 218 valence electrons. The normalized spacial score (nSPS) is 13.2. The van der Waals surface area contributed by atoms with Crippen molar-refractivity contribution in [3.8, 4) is 5.75 Å². The summed E-state index contributed by atoms with van der Waals surface area (Å²) in [5, 5.41) is 15.9. The molecule has 3 aromatic rings. The Kier molecular flexibility index (Phi) is 11.5. The van der Waals surface area contributed by atoms with Crippen molar-refractivity contribution in [1.82, 2.24) is 20.2 Å². The summed E-state index contributed by atoms with van der Waals surface area (Å²) in [6.07, 6.45) is 5.39. The number of aliphatic carboxylic acids is 1. The van der Waals surface area contributed by atoms with Crippen molar-refractivity contribution in [3.05, 3.63) is 83.3 Å². The van der Waals surface area contributed by atoms with Crippen molar-refractivity contribution in [1.29, 1.82) is 0 Å². The number of nitrogens with zero attached hydrogens (tertiary/aromatic N) is 3. The number of fused-ring (bicyclic) bond motifs is 1. The Balaban J connectivity index is 1.28. The molecule has 0 fully saturated rings. The SMILES string of the molecule is Cc1cccc(CC(=O)N[C@@H](CCN(CCCCc2ccc3c(n2)NCCC3)CCOc2ccccc2)C(=O)O)n1. The van der Waals surface area contributed by atoms with Crippen LogP contribution in [0.2, 0.25) is 0 Å². The number of carbonyl (C=O) groups excluding carboxylic acids is 1. The second-order valence-corrected chi connectivity index (χ2v) is 10.5. The lowest BCUT2D eigenvalue weighted by Gasteiger charge is -2.24. The fourth-order valence-corrected chi connectivity index (χ4v) is 4.97. The van der Waals surface area contributed by atoms with Crippen molar-refractivity contribution < 1.29 is 19.4 Å². The first-order valence-electron chi connectivity index (χ1n) is 14.5. The highest BCUT2D eigenvalue weighted by Crippen LogP contribution is 2.20. The van der Waals surface area contributed by atoms with Crippen molar-refractivity contribution in [2.24, 2.45) is 0 Å². The summed E-state index contributed by atoms with van der Waals surface area (Å²) < 4.78 is 5.91. The topological polar surface area (TPSA) is 117 Å². The number of ether oxygens (including phenoxy) is 1. The molecular formula is C32H41N5O4. The van der Waals surface area contributed by atoms with Crippen LogP contribution in [0.5, 0.6) is 5.75 Å². The zero-order chi connectivity index (χ0) is 28.9. The monoisotopic (exact) mass is 559 g/mol. The Labute approximate surface area is 242 Å². The molecule has 1 aliphatic heterocycles. The number of pyridine rings is 2. The first-order valence-corrected chi connectivity index (χ1v) is 14.5. The number of hydrogen-bond donors (Lipinski definition) is 3. The molecule has 0 radical (unpaired) electrons. The van der Waals surface area contributed by atoms with Gasteiger partial charge in [-0.15, -0.1) is 0 Å². The van der Waals surface area contributed by atoms with Crippen LogP contribution >= 0.6 is 0 Å². The number of hydrogen-bond acceptors (Lipinski definition) is 7. The number of carboxylic acid groups (broad SMARTS) is 1. The number of carbonyl (C=O) groups is 2. The van der Waals surface area contributed by atoms with Gasteiger partial charge in [0.25, 0.3) is 0 Å². The fraction of sp³-hybridized carbons (Fsp3) is 0.438. The van der Waals surface area contributed by atoms with E-state index in [1.807, 2.05) is 49.4 Å². The molecule has 3 N–H and O–H groups in total. The second kappa shape index (κ2) is 15.7. The quantitative estimate of drug-likeness (QED) is 0.225. The molecule has 0 saturated carbocycles.